The number of halogens is 1. The van der Waals surface area contributed by atoms with Gasteiger partial charge in [0.15, 0.2) is 0 Å². The van der Waals surface area contributed by atoms with Crippen LogP contribution in [0.5, 0.6) is 0 Å². The van der Waals surface area contributed by atoms with E-state index in [9.17, 15) is 4.11 Å². The second kappa shape index (κ2) is 3.91. The minimum absolute atomic E-state index is 0.278. The number of rotatable bonds is 1. The van der Waals surface area contributed by atoms with E-state index in [1.54, 1.807) is 0 Å². The summed E-state index contributed by atoms with van der Waals surface area (Å²) >= 11 is -0.278. The molecule has 0 aromatic heterocycles. The Labute approximate surface area is 35.9 Å². The van der Waals surface area contributed by atoms with Crippen molar-refractivity contribution in [1.29, 1.82) is 0 Å². The first-order valence-electron chi connectivity index (χ1n) is 1.47. The van der Waals surface area contributed by atoms with E-state index in [4.69, 9.17) is 0 Å². The van der Waals surface area contributed by atoms with E-state index >= 15 is 0 Å². The summed E-state index contributed by atoms with van der Waals surface area (Å²) in [5.74, 6) is 0. The molecule has 0 N–H and O–H groups in total. The van der Waals surface area contributed by atoms with Crippen molar-refractivity contribution in [2.75, 3.05) is 0 Å². The van der Waals surface area contributed by atoms with Gasteiger partial charge < -0.3 is 0 Å². The molecule has 0 amide bonds. The van der Waals surface area contributed by atoms with E-state index in [0.29, 0.717) is 0 Å². The first-order chi connectivity index (χ1) is 1.91. The molecule has 4 heteroatoms. The molecule has 0 atom stereocenters. The fraction of sp³-hybridized carbons (Fsp3) is 0. The SMILES string of the molecule is F[SiH2][GeH2][SiH3]. The predicted octanol–water partition coefficient (Wildman–Crippen LogP) is -2.60. The van der Waals surface area contributed by atoms with Gasteiger partial charge in [-0.25, -0.2) is 0 Å². The van der Waals surface area contributed by atoms with Crippen LogP contribution in [0.1, 0.15) is 0 Å². The van der Waals surface area contributed by atoms with Crippen LogP contribution in [0.4, 0.5) is 4.11 Å². The average molecular weight is 155 g/mol. The standard InChI is InChI=1S/FGeH7Si2/c1-4-2-3/h2,4H2,3H3. The summed E-state index contributed by atoms with van der Waals surface area (Å²) in [6, 6.07) is 0. The maximum absolute atomic E-state index is 11.0. The minimum atomic E-state index is -0.826. The zero-order valence-electron chi connectivity index (χ0n) is 2.79. The Kier molecular flexibility index (Phi) is 4.79. The molecule has 0 aliphatic rings. The van der Waals surface area contributed by atoms with Gasteiger partial charge in [0, 0.05) is 0 Å². The van der Waals surface area contributed by atoms with E-state index in [1.165, 1.54) is 8.77 Å². The monoisotopic (exact) mass is 156 g/mol. The summed E-state index contributed by atoms with van der Waals surface area (Å²) in [5, 5.41) is 0. The first kappa shape index (κ1) is 4.91. The number of hydrogen-bond acceptors (Lipinski definition) is 0. The Hall–Kier alpha value is 0.907. The van der Waals surface area contributed by atoms with Gasteiger partial charge in [-0.05, 0) is 0 Å². The molecule has 0 rings (SSSR count). The van der Waals surface area contributed by atoms with Crippen LogP contribution in [0.3, 0.4) is 0 Å². The van der Waals surface area contributed by atoms with Crippen molar-refractivity contribution in [2.24, 2.45) is 0 Å². The van der Waals surface area contributed by atoms with Crippen molar-refractivity contribution >= 4 is 31.3 Å². The third-order valence-corrected chi connectivity index (χ3v) is 8.84. The molecule has 4 heavy (non-hydrogen) atoms. The Morgan fingerprint density at radius 1 is 2.00 bits per heavy atom. The average Bonchev–Trinajstić information content (AvgIpc) is 1.37. The van der Waals surface area contributed by atoms with Gasteiger partial charge in [-0.1, -0.05) is 0 Å². The Morgan fingerprint density at radius 3 is 2.25 bits per heavy atom. The molecule has 0 bridgehead atoms. The fourth-order valence-corrected chi connectivity index (χ4v) is 0. The predicted molar refractivity (Wildman–Crippen MR) is 28.1 cm³/mol. The third kappa shape index (κ3) is 2.91. The normalized spacial score (nSPS) is 14.2. The van der Waals surface area contributed by atoms with Crippen LogP contribution < -0.4 is 0 Å². The van der Waals surface area contributed by atoms with Crippen molar-refractivity contribution in [1.82, 2.24) is 0 Å². The quantitative estimate of drug-likeness (QED) is 0.287. The van der Waals surface area contributed by atoms with E-state index in [-0.39, 0.29) is 14.1 Å². The van der Waals surface area contributed by atoms with Gasteiger partial charge >= 0.3 is 35.4 Å². The van der Waals surface area contributed by atoms with Crippen molar-refractivity contribution in [3.63, 3.8) is 0 Å². The van der Waals surface area contributed by atoms with Crippen molar-refractivity contribution in [3.05, 3.63) is 0 Å². The zero-order chi connectivity index (χ0) is 3.41. The van der Waals surface area contributed by atoms with Crippen LogP contribution in [0.15, 0.2) is 0 Å². The summed E-state index contributed by atoms with van der Waals surface area (Å²) in [7, 11) is 0.438. The van der Waals surface area contributed by atoms with Gasteiger partial charge in [-0.3, -0.25) is 0 Å². The maximum atomic E-state index is 11.0. The van der Waals surface area contributed by atoms with Crippen LogP contribution in [0, 0.1) is 0 Å². The summed E-state index contributed by atoms with van der Waals surface area (Å²) < 4.78 is 11.0. The van der Waals surface area contributed by atoms with Gasteiger partial charge in [0.25, 0.3) is 0 Å². The molecule has 0 nitrogen and oxygen atoms in total. The van der Waals surface area contributed by atoms with E-state index < -0.39 is 8.38 Å². The Balaban J connectivity index is 1.97. The summed E-state index contributed by atoms with van der Waals surface area (Å²) in [4.78, 5) is 0. The van der Waals surface area contributed by atoms with Crippen LogP contribution >= 0.6 is 0 Å². The zero-order valence-corrected chi connectivity index (χ0v) is 9.17. The van der Waals surface area contributed by atoms with Crippen LogP contribution in [-0.2, 0) is 0 Å². The third-order valence-electron chi connectivity index (χ3n) is 0.189. The first-order valence-corrected chi connectivity index (χ1v) is 19.6. The van der Waals surface area contributed by atoms with Crippen LogP contribution in [0.2, 0.25) is 0 Å². The van der Waals surface area contributed by atoms with Crippen molar-refractivity contribution < 1.29 is 4.11 Å². The molecule has 0 aromatic carbocycles. The fourth-order valence-electron chi connectivity index (χ4n) is 0. The van der Waals surface area contributed by atoms with Crippen molar-refractivity contribution in [3.8, 4) is 0 Å². The molecule has 0 spiro atoms. The Bertz CT molecular complexity index is 8.00. The molecule has 0 aliphatic heterocycles. The van der Waals surface area contributed by atoms with E-state index in [1.807, 2.05) is 0 Å². The van der Waals surface area contributed by atoms with E-state index in [0.717, 1.165) is 0 Å². The van der Waals surface area contributed by atoms with Gasteiger partial charge in [-0.15, -0.1) is 0 Å². The van der Waals surface area contributed by atoms with Gasteiger partial charge in [-0.2, -0.15) is 0 Å². The summed E-state index contributed by atoms with van der Waals surface area (Å²) in [5.41, 5.74) is 0. The second-order valence-corrected chi connectivity index (χ2v) is 26.3. The van der Waals surface area contributed by atoms with E-state index in [2.05, 4.69) is 0 Å². The van der Waals surface area contributed by atoms with Gasteiger partial charge in [0.2, 0.25) is 0 Å². The van der Waals surface area contributed by atoms with Gasteiger partial charge in [0.05, 0.1) is 0 Å². The van der Waals surface area contributed by atoms with Crippen LogP contribution in [-0.4, -0.2) is 31.3 Å². The molecule has 0 radical (unpaired) electrons. The molecule has 0 saturated carbocycles. The molecular weight excluding hydrogens is 148 g/mol. The topological polar surface area (TPSA) is 0 Å². The number of hydrogen-bond donors (Lipinski definition) is 0. The molecule has 0 saturated heterocycles. The molecular formula is H7FGeSi2. The molecule has 0 aliphatic carbocycles. The summed E-state index contributed by atoms with van der Waals surface area (Å²) in [6.07, 6.45) is 0. The molecule has 26 valence electrons. The Morgan fingerprint density at radius 2 is 2.25 bits per heavy atom. The van der Waals surface area contributed by atoms with Gasteiger partial charge in [0.1, 0.15) is 0 Å². The second-order valence-electron chi connectivity index (χ2n) is 0.689. The summed E-state index contributed by atoms with van der Waals surface area (Å²) in [6.45, 7) is 0. The van der Waals surface area contributed by atoms with Crippen LogP contribution in [0.25, 0.3) is 0 Å². The van der Waals surface area contributed by atoms with Crippen molar-refractivity contribution in [2.45, 2.75) is 0 Å². The molecule has 0 aromatic rings. The molecule has 0 heterocycles. The molecule has 0 unspecified atom stereocenters. The molecule has 0 fully saturated rings.